The minimum Gasteiger partial charge on any atom is -0.493 e. The van der Waals surface area contributed by atoms with E-state index < -0.39 is 0 Å². The van der Waals surface area contributed by atoms with Crippen molar-refractivity contribution < 1.29 is 23.7 Å². The molecule has 27 heavy (non-hydrogen) atoms. The molecule has 1 atom stereocenters. The van der Waals surface area contributed by atoms with Crippen molar-refractivity contribution in [1.82, 2.24) is 0 Å². The molecule has 0 unspecified atom stereocenters. The summed E-state index contributed by atoms with van der Waals surface area (Å²) < 4.78 is 27.8. The second-order valence-electron chi connectivity index (χ2n) is 6.29. The summed E-state index contributed by atoms with van der Waals surface area (Å²) in [6.45, 7) is 1.21. The molecular weight excluding hydrogens is 348 g/mol. The number of fused-ring (bicyclic) bond motifs is 4. The van der Waals surface area contributed by atoms with Crippen LogP contribution in [0.4, 0.5) is 11.4 Å². The van der Waals surface area contributed by atoms with Gasteiger partial charge in [-0.3, -0.25) is 0 Å². The van der Waals surface area contributed by atoms with E-state index in [1.54, 1.807) is 28.4 Å². The molecular formula is C20H22N2O5. The fourth-order valence-electron chi connectivity index (χ4n) is 3.50. The zero-order chi connectivity index (χ0) is 19.0. The predicted molar refractivity (Wildman–Crippen MR) is 103 cm³/mol. The first-order valence-corrected chi connectivity index (χ1v) is 8.66. The summed E-state index contributed by atoms with van der Waals surface area (Å²) >= 11 is 0. The number of aliphatic imine (C=N–C) groups is 1. The highest BCUT2D eigenvalue weighted by atomic mass is 16.5. The van der Waals surface area contributed by atoms with Crippen LogP contribution in [0.5, 0.6) is 28.7 Å². The molecule has 2 aromatic carbocycles. The van der Waals surface area contributed by atoms with Gasteiger partial charge in [0.1, 0.15) is 0 Å². The first-order valence-electron chi connectivity index (χ1n) is 8.66. The standard InChI is InChI=1S/C20H22N2O5/c1-23-15-6-5-12-18-11(10-27-19(12)20(15)26-4)9-21-13-7-16(24-2)17(25-3)8-14(13)22-18/h5-8,11,21H,9-10H2,1-4H3/t11-/m1/s1. The van der Waals surface area contributed by atoms with Gasteiger partial charge in [0.2, 0.25) is 5.75 Å². The van der Waals surface area contributed by atoms with Crippen LogP contribution in [0, 0.1) is 5.92 Å². The van der Waals surface area contributed by atoms with E-state index in [1.807, 2.05) is 24.3 Å². The van der Waals surface area contributed by atoms with Crippen LogP contribution in [0.1, 0.15) is 5.56 Å². The summed E-state index contributed by atoms with van der Waals surface area (Å²) in [7, 11) is 6.46. The van der Waals surface area contributed by atoms with Gasteiger partial charge in [-0.25, -0.2) is 4.99 Å². The van der Waals surface area contributed by atoms with E-state index >= 15 is 0 Å². The average molecular weight is 370 g/mol. The lowest BCUT2D eigenvalue weighted by Gasteiger charge is -2.28. The summed E-state index contributed by atoms with van der Waals surface area (Å²) in [5, 5.41) is 3.45. The van der Waals surface area contributed by atoms with E-state index in [0.717, 1.165) is 22.6 Å². The molecule has 2 heterocycles. The van der Waals surface area contributed by atoms with Gasteiger partial charge in [-0.05, 0) is 12.1 Å². The lowest BCUT2D eigenvalue weighted by molar-refractivity contribution is 0.256. The molecule has 2 aliphatic heterocycles. The monoisotopic (exact) mass is 370 g/mol. The Kier molecular flexibility index (Phi) is 4.43. The third-order valence-corrected chi connectivity index (χ3v) is 4.87. The van der Waals surface area contributed by atoms with Gasteiger partial charge in [0.25, 0.3) is 0 Å². The summed E-state index contributed by atoms with van der Waals surface area (Å²) in [5.41, 5.74) is 3.56. The van der Waals surface area contributed by atoms with Crippen LogP contribution in [0.25, 0.3) is 0 Å². The quantitative estimate of drug-likeness (QED) is 0.891. The highest BCUT2D eigenvalue weighted by Crippen LogP contribution is 2.46. The van der Waals surface area contributed by atoms with Gasteiger partial charge < -0.3 is 29.0 Å². The molecule has 1 N–H and O–H groups in total. The molecule has 2 aromatic rings. The van der Waals surface area contributed by atoms with Crippen LogP contribution >= 0.6 is 0 Å². The summed E-state index contributed by atoms with van der Waals surface area (Å²) in [4.78, 5) is 4.96. The fourth-order valence-corrected chi connectivity index (χ4v) is 3.50. The topological polar surface area (TPSA) is 70.5 Å². The molecule has 0 fully saturated rings. The summed E-state index contributed by atoms with van der Waals surface area (Å²) in [5.74, 6) is 3.29. The molecule has 0 aliphatic carbocycles. The second kappa shape index (κ2) is 6.90. The van der Waals surface area contributed by atoms with Gasteiger partial charge in [0.05, 0.1) is 58.1 Å². The van der Waals surface area contributed by atoms with E-state index in [0.29, 0.717) is 41.9 Å². The van der Waals surface area contributed by atoms with Crippen molar-refractivity contribution in [2.24, 2.45) is 10.9 Å². The van der Waals surface area contributed by atoms with Crippen molar-refractivity contribution in [2.45, 2.75) is 0 Å². The zero-order valence-electron chi connectivity index (χ0n) is 15.8. The molecule has 0 saturated carbocycles. The highest BCUT2D eigenvalue weighted by Gasteiger charge is 2.32. The molecule has 0 radical (unpaired) electrons. The Balaban J connectivity index is 1.87. The smallest absolute Gasteiger partial charge is 0.203 e. The van der Waals surface area contributed by atoms with Crippen molar-refractivity contribution in [3.8, 4) is 28.7 Å². The summed E-state index contributed by atoms with van der Waals surface area (Å²) in [6, 6.07) is 7.63. The molecule has 0 spiro atoms. The lowest BCUT2D eigenvalue weighted by atomic mass is 9.93. The van der Waals surface area contributed by atoms with Gasteiger partial charge >= 0.3 is 0 Å². The van der Waals surface area contributed by atoms with Gasteiger partial charge in [0.15, 0.2) is 23.0 Å². The number of nitrogens with one attached hydrogen (secondary N) is 1. The predicted octanol–water partition coefficient (Wildman–Crippen LogP) is 3.28. The third kappa shape index (κ3) is 2.79. The number of nitrogens with zero attached hydrogens (tertiary/aromatic N) is 1. The van der Waals surface area contributed by atoms with Crippen molar-refractivity contribution in [2.75, 3.05) is 46.9 Å². The first kappa shape index (κ1) is 17.3. The van der Waals surface area contributed by atoms with E-state index in [1.165, 1.54) is 0 Å². The van der Waals surface area contributed by atoms with Gasteiger partial charge in [-0.2, -0.15) is 0 Å². The number of rotatable bonds is 4. The van der Waals surface area contributed by atoms with Crippen molar-refractivity contribution in [3.05, 3.63) is 29.8 Å². The Morgan fingerprint density at radius 3 is 2.41 bits per heavy atom. The van der Waals surface area contributed by atoms with Crippen molar-refractivity contribution >= 4 is 17.1 Å². The Morgan fingerprint density at radius 1 is 0.963 bits per heavy atom. The highest BCUT2D eigenvalue weighted by molar-refractivity contribution is 6.09. The Morgan fingerprint density at radius 2 is 1.70 bits per heavy atom. The zero-order valence-corrected chi connectivity index (χ0v) is 15.8. The molecule has 7 heteroatoms. The van der Waals surface area contributed by atoms with Crippen LogP contribution in [-0.2, 0) is 0 Å². The maximum absolute atomic E-state index is 6.03. The molecule has 0 bridgehead atoms. The third-order valence-electron chi connectivity index (χ3n) is 4.87. The molecule has 0 aromatic heterocycles. The van der Waals surface area contributed by atoms with Gasteiger partial charge in [0, 0.05) is 24.2 Å². The molecule has 7 nitrogen and oxygen atoms in total. The largest absolute Gasteiger partial charge is 0.493 e. The van der Waals surface area contributed by atoms with E-state index in [4.69, 9.17) is 28.7 Å². The Bertz CT molecular complexity index is 910. The number of benzene rings is 2. The lowest BCUT2D eigenvalue weighted by Crippen LogP contribution is -2.33. The van der Waals surface area contributed by atoms with E-state index in [9.17, 15) is 0 Å². The van der Waals surface area contributed by atoms with Crippen molar-refractivity contribution in [3.63, 3.8) is 0 Å². The maximum Gasteiger partial charge on any atom is 0.203 e. The first-order chi connectivity index (χ1) is 13.2. The maximum atomic E-state index is 6.03. The minimum atomic E-state index is 0.111. The van der Waals surface area contributed by atoms with E-state index in [2.05, 4.69) is 5.32 Å². The van der Waals surface area contributed by atoms with Crippen LogP contribution in [0.2, 0.25) is 0 Å². The average Bonchev–Trinajstić information content (AvgIpc) is 2.90. The van der Waals surface area contributed by atoms with Gasteiger partial charge in [-0.15, -0.1) is 0 Å². The van der Waals surface area contributed by atoms with Crippen molar-refractivity contribution in [1.29, 1.82) is 0 Å². The number of ether oxygens (including phenoxy) is 5. The van der Waals surface area contributed by atoms with E-state index in [-0.39, 0.29) is 5.92 Å². The Labute approximate surface area is 157 Å². The number of hydrogen-bond acceptors (Lipinski definition) is 7. The molecule has 0 saturated heterocycles. The summed E-state index contributed by atoms with van der Waals surface area (Å²) in [6.07, 6.45) is 0. The Hall–Kier alpha value is -3.09. The van der Waals surface area contributed by atoms with Crippen LogP contribution in [0.3, 0.4) is 0 Å². The number of anilines is 1. The van der Waals surface area contributed by atoms with Crippen LogP contribution in [-0.4, -0.2) is 47.3 Å². The SMILES string of the molecule is COc1cc2c(cc1OC)NC[C@@H]1COc3c(ccc(OC)c3OC)C1=N2. The molecule has 4 rings (SSSR count). The van der Waals surface area contributed by atoms with Gasteiger partial charge in [-0.1, -0.05) is 0 Å². The fraction of sp³-hybridized carbons (Fsp3) is 0.350. The number of hydrogen-bond donors (Lipinski definition) is 1. The van der Waals surface area contributed by atoms with Crippen LogP contribution in [0.15, 0.2) is 29.3 Å². The normalized spacial score (nSPS) is 17.0. The molecule has 2 aliphatic rings. The second-order valence-corrected chi connectivity index (χ2v) is 6.29. The molecule has 0 amide bonds. The minimum absolute atomic E-state index is 0.111. The molecule has 142 valence electrons. The van der Waals surface area contributed by atoms with Crippen LogP contribution < -0.4 is 29.0 Å². The number of methoxy groups -OCH3 is 4.